The molecule has 1 amide bonds. The number of anilines is 1. The number of ether oxygens (including phenoxy) is 2. The molecule has 0 atom stereocenters. The lowest BCUT2D eigenvalue weighted by molar-refractivity contribution is -0.111. The average Bonchev–Trinajstić information content (AvgIpc) is 3.16. The lowest BCUT2D eigenvalue weighted by atomic mass is 10.1. The van der Waals surface area contributed by atoms with Crippen molar-refractivity contribution in [2.24, 2.45) is 7.05 Å². The molecular formula is C22H21N3O5. The van der Waals surface area contributed by atoms with Gasteiger partial charge in [-0.25, -0.2) is 4.79 Å². The van der Waals surface area contributed by atoms with E-state index >= 15 is 0 Å². The highest BCUT2D eigenvalue weighted by atomic mass is 16.5. The van der Waals surface area contributed by atoms with E-state index in [1.54, 1.807) is 54.4 Å². The van der Waals surface area contributed by atoms with E-state index < -0.39 is 11.9 Å². The molecule has 1 heterocycles. The lowest BCUT2D eigenvalue weighted by Gasteiger charge is -2.11. The Kier molecular flexibility index (Phi) is 6.49. The molecule has 0 fully saturated rings. The number of rotatable bonds is 8. The molecule has 0 radical (unpaired) electrons. The Morgan fingerprint density at radius 3 is 2.70 bits per heavy atom. The van der Waals surface area contributed by atoms with E-state index in [-0.39, 0.29) is 11.3 Å². The summed E-state index contributed by atoms with van der Waals surface area (Å²) in [7, 11) is 3.38. The summed E-state index contributed by atoms with van der Waals surface area (Å²) in [5.41, 5.74) is 1.89. The molecule has 3 aromatic rings. The molecule has 30 heavy (non-hydrogen) atoms. The minimum absolute atomic E-state index is 0.0229. The Hall–Kier alpha value is -4.07. The van der Waals surface area contributed by atoms with Crippen molar-refractivity contribution in [2.45, 2.75) is 6.61 Å². The quantitative estimate of drug-likeness (QED) is 0.555. The third-order valence-electron chi connectivity index (χ3n) is 4.18. The highest BCUT2D eigenvalue weighted by Crippen LogP contribution is 2.29. The van der Waals surface area contributed by atoms with Gasteiger partial charge in [0.05, 0.1) is 24.6 Å². The Morgan fingerprint density at radius 1 is 1.20 bits per heavy atom. The Morgan fingerprint density at radius 2 is 2.00 bits per heavy atom. The van der Waals surface area contributed by atoms with Gasteiger partial charge in [-0.15, -0.1) is 0 Å². The van der Waals surface area contributed by atoms with Gasteiger partial charge < -0.3 is 19.9 Å². The predicted octanol–water partition coefficient (Wildman–Crippen LogP) is 3.36. The van der Waals surface area contributed by atoms with Crippen LogP contribution in [0.1, 0.15) is 21.5 Å². The zero-order chi connectivity index (χ0) is 21.5. The summed E-state index contributed by atoms with van der Waals surface area (Å²) in [6, 6.07) is 11.5. The molecular weight excluding hydrogens is 386 g/mol. The number of hydrogen-bond donors (Lipinski definition) is 2. The number of nitrogens with one attached hydrogen (secondary N) is 1. The number of carbonyl (C=O) groups is 2. The van der Waals surface area contributed by atoms with Gasteiger partial charge in [-0.3, -0.25) is 9.48 Å². The van der Waals surface area contributed by atoms with Crippen LogP contribution in [0, 0.1) is 0 Å². The molecule has 0 aliphatic heterocycles. The van der Waals surface area contributed by atoms with E-state index in [0.717, 1.165) is 11.1 Å². The number of para-hydroxylation sites is 1. The number of carboxylic acids is 1. The van der Waals surface area contributed by atoms with E-state index in [1.807, 2.05) is 13.2 Å². The smallest absolute Gasteiger partial charge is 0.337 e. The number of hydrogen-bond acceptors (Lipinski definition) is 5. The number of methoxy groups -OCH3 is 1. The van der Waals surface area contributed by atoms with Gasteiger partial charge in [0.25, 0.3) is 0 Å². The number of amides is 1. The molecule has 3 rings (SSSR count). The summed E-state index contributed by atoms with van der Waals surface area (Å²) in [6.45, 7) is 0.323. The number of aromatic carboxylic acids is 1. The minimum Gasteiger partial charge on any atom is -0.493 e. The molecule has 2 N–H and O–H groups in total. The van der Waals surface area contributed by atoms with E-state index in [0.29, 0.717) is 18.1 Å². The highest BCUT2D eigenvalue weighted by Gasteiger charge is 2.10. The van der Waals surface area contributed by atoms with Gasteiger partial charge in [-0.05, 0) is 35.9 Å². The van der Waals surface area contributed by atoms with Crippen molar-refractivity contribution in [3.63, 3.8) is 0 Å². The highest BCUT2D eigenvalue weighted by molar-refractivity contribution is 6.06. The molecule has 0 saturated heterocycles. The Balaban J connectivity index is 1.70. The van der Waals surface area contributed by atoms with Crippen molar-refractivity contribution in [1.29, 1.82) is 0 Å². The second-order valence-electron chi connectivity index (χ2n) is 6.39. The van der Waals surface area contributed by atoms with Crippen LogP contribution in [0.25, 0.3) is 6.08 Å². The molecule has 1 aromatic heterocycles. The number of carboxylic acid groups (broad SMARTS) is 1. The first-order valence-electron chi connectivity index (χ1n) is 9.06. The van der Waals surface area contributed by atoms with Crippen molar-refractivity contribution in [2.75, 3.05) is 12.4 Å². The van der Waals surface area contributed by atoms with Gasteiger partial charge in [0.2, 0.25) is 5.91 Å². The monoisotopic (exact) mass is 407 g/mol. The van der Waals surface area contributed by atoms with Crippen LogP contribution >= 0.6 is 0 Å². The van der Waals surface area contributed by atoms with Crippen LogP contribution in [0.2, 0.25) is 0 Å². The summed E-state index contributed by atoms with van der Waals surface area (Å²) in [5, 5.41) is 15.9. The van der Waals surface area contributed by atoms with E-state index in [9.17, 15) is 14.7 Å². The maximum absolute atomic E-state index is 12.2. The molecule has 0 aliphatic rings. The van der Waals surface area contributed by atoms with Gasteiger partial charge in [-0.2, -0.15) is 5.10 Å². The first-order chi connectivity index (χ1) is 14.5. The largest absolute Gasteiger partial charge is 0.493 e. The molecule has 0 bridgehead atoms. The van der Waals surface area contributed by atoms with E-state index in [1.165, 1.54) is 18.2 Å². The fraction of sp³-hybridized carbons (Fsp3) is 0.136. The summed E-state index contributed by atoms with van der Waals surface area (Å²) in [5.74, 6) is -0.464. The number of benzene rings is 2. The first-order valence-corrected chi connectivity index (χ1v) is 9.06. The standard InChI is InChI=1S/C22H21N3O5/c1-25-13-16(12-23-25)14-30-20-11-15(7-9-19(20)29-2)8-10-21(26)24-18-6-4-3-5-17(18)22(27)28/h3-13H,14H2,1-2H3,(H,24,26)(H,27,28). The van der Waals surface area contributed by atoms with Crippen molar-refractivity contribution in [3.05, 3.63) is 77.6 Å². The van der Waals surface area contributed by atoms with Crippen molar-refractivity contribution >= 4 is 23.6 Å². The molecule has 0 saturated carbocycles. The van der Waals surface area contributed by atoms with Crippen LogP contribution in [0.4, 0.5) is 5.69 Å². The third kappa shape index (κ3) is 5.26. The maximum atomic E-state index is 12.2. The second kappa shape index (κ2) is 9.42. The molecule has 0 unspecified atom stereocenters. The topological polar surface area (TPSA) is 103 Å². The van der Waals surface area contributed by atoms with E-state index in [4.69, 9.17) is 9.47 Å². The third-order valence-corrected chi connectivity index (χ3v) is 4.18. The molecule has 8 nitrogen and oxygen atoms in total. The summed E-state index contributed by atoms with van der Waals surface area (Å²) in [4.78, 5) is 23.5. The number of nitrogens with zero attached hydrogens (tertiary/aromatic N) is 2. The van der Waals surface area contributed by atoms with Crippen LogP contribution in [0.15, 0.2) is 60.9 Å². The average molecular weight is 407 g/mol. The molecule has 154 valence electrons. The van der Waals surface area contributed by atoms with Crippen LogP contribution < -0.4 is 14.8 Å². The number of aromatic nitrogens is 2. The number of carbonyl (C=O) groups excluding carboxylic acids is 1. The summed E-state index contributed by atoms with van der Waals surface area (Å²) < 4.78 is 12.9. The fourth-order valence-electron chi connectivity index (χ4n) is 2.74. The van der Waals surface area contributed by atoms with E-state index in [2.05, 4.69) is 10.4 Å². The molecule has 0 aliphatic carbocycles. The zero-order valence-electron chi connectivity index (χ0n) is 16.5. The summed E-state index contributed by atoms with van der Waals surface area (Å²) in [6.07, 6.45) is 6.51. The summed E-state index contributed by atoms with van der Waals surface area (Å²) >= 11 is 0. The second-order valence-corrected chi connectivity index (χ2v) is 6.39. The van der Waals surface area contributed by atoms with Gasteiger partial charge in [0.15, 0.2) is 11.5 Å². The minimum atomic E-state index is -1.11. The number of aryl methyl sites for hydroxylation is 1. The SMILES string of the molecule is COc1ccc(C=CC(=O)Nc2ccccc2C(=O)O)cc1OCc1cnn(C)c1. The van der Waals surface area contributed by atoms with Crippen LogP contribution in [0.5, 0.6) is 11.5 Å². The molecule has 8 heteroatoms. The van der Waals surface area contributed by atoms with Gasteiger partial charge >= 0.3 is 5.97 Å². The van der Waals surface area contributed by atoms with Gasteiger partial charge in [-0.1, -0.05) is 18.2 Å². The fourth-order valence-corrected chi connectivity index (χ4v) is 2.74. The van der Waals surface area contributed by atoms with Crippen molar-refractivity contribution < 1.29 is 24.2 Å². The maximum Gasteiger partial charge on any atom is 0.337 e. The molecule has 2 aromatic carbocycles. The van der Waals surface area contributed by atoms with Crippen LogP contribution in [-0.4, -0.2) is 33.9 Å². The predicted molar refractivity (Wildman–Crippen MR) is 112 cm³/mol. The van der Waals surface area contributed by atoms with Crippen LogP contribution in [-0.2, 0) is 18.4 Å². The van der Waals surface area contributed by atoms with Crippen LogP contribution in [0.3, 0.4) is 0 Å². The first kappa shape index (κ1) is 20.7. The molecule has 0 spiro atoms. The van der Waals surface area contributed by atoms with Crippen molar-refractivity contribution in [3.8, 4) is 11.5 Å². The zero-order valence-corrected chi connectivity index (χ0v) is 16.5. The Labute approximate surface area is 173 Å². The normalized spacial score (nSPS) is 10.7. The lowest BCUT2D eigenvalue weighted by Crippen LogP contribution is -2.11. The van der Waals surface area contributed by atoms with Gasteiger partial charge in [0, 0.05) is 24.9 Å². The van der Waals surface area contributed by atoms with Gasteiger partial charge in [0.1, 0.15) is 6.61 Å². The van der Waals surface area contributed by atoms with Crippen molar-refractivity contribution in [1.82, 2.24) is 9.78 Å². The Bertz CT molecular complexity index is 1090.